The minimum atomic E-state index is -0.204. The summed E-state index contributed by atoms with van der Waals surface area (Å²) in [7, 11) is 0. The average molecular weight is 509 g/mol. The van der Waals surface area contributed by atoms with Crippen molar-refractivity contribution in [2.75, 3.05) is 18.4 Å². The minimum absolute atomic E-state index is 0.0334. The summed E-state index contributed by atoms with van der Waals surface area (Å²) in [6, 6.07) is 22.4. The van der Waals surface area contributed by atoms with Gasteiger partial charge in [0.15, 0.2) is 0 Å². The highest BCUT2D eigenvalue weighted by Gasteiger charge is 2.35. The molecule has 3 amide bonds. The third kappa shape index (κ3) is 5.91. The maximum absolute atomic E-state index is 13.8. The number of nitrogens with one attached hydrogen (secondary N) is 2. The third-order valence-corrected chi connectivity index (χ3v) is 7.44. The van der Waals surface area contributed by atoms with E-state index in [2.05, 4.69) is 53.6 Å². The number of aromatic nitrogens is 1. The molecule has 0 spiro atoms. The van der Waals surface area contributed by atoms with Crippen LogP contribution < -0.4 is 5.32 Å². The van der Waals surface area contributed by atoms with Crippen LogP contribution in [-0.2, 0) is 17.8 Å². The molecule has 6 nitrogen and oxygen atoms in total. The summed E-state index contributed by atoms with van der Waals surface area (Å²) in [6.45, 7) is 7.20. The zero-order valence-electron chi connectivity index (χ0n) is 22.5. The van der Waals surface area contributed by atoms with Crippen molar-refractivity contribution < 1.29 is 9.59 Å². The first-order valence-corrected chi connectivity index (χ1v) is 13.4. The van der Waals surface area contributed by atoms with Crippen LogP contribution in [0.15, 0.2) is 72.9 Å². The van der Waals surface area contributed by atoms with Crippen molar-refractivity contribution in [3.05, 3.63) is 101 Å². The standard InChI is InChI=1S/C32H36N4O2/c1-22-11-13-25(14-12-22)20-35(18-17-26-19-33-29-10-5-4-9-28(26)29)30(37)21-36(27-15-16-27)32(38)34-31-23(2)7-6-8-24(31)3/h4-14,19,27,33H,15-18,20-21H2,1-3H3,(H,34,38). The highest BCUT2D eigenvalue weighted by molar-refractivity contribution is 5.94. The van der Waals surface area contributed by atoms with E-state index >= 15 is 0 Å². The first kappa shape index (κ1) is 25.6. The summed E-state index contributed by atoms with van der Waals surface area (Å²) in [5, 5.41) is 4.27. The van der Waals surface area contributed by atoms with Crippen LogP contribution in [-0.4, -0.2) is 45.9 Å². The maximum Gasteiger partial charge on any atom is 0.322 e. The van der Waals surface area contributed by atoms with Gasteiger partial charge in [-0.25, -0.2) is 4.79 Å². The number of carbonyl (C=O) groups excluding carboxylic acids is 2. The molecule has 5 rings (SSSR count). The van der Waals surface area contributed by atoms with Crippen LogP contribution in [0.4, 0.5) is 10.5 Å². The van der Waals surface area contributed by atoms with Crippen molar-refractivity contribution in [2.45, 2.75) is 52.6 Å². The molecular formula is C32H36N4O2. The van der Waals surface area contributed by atoms with Gasteiger partial charge in [0.25, 0.3) is 0 Å². The van der Waals surface area contributed by atoms with Crippen molar-refractivity contribution in [3.63, 3.8) is 0 Å². The summed E-state index contributed by atoms with van der Waals surface area (Å²) in [5.41, 5.74) is 7.41. The number of H-pyrrole nitrogens is 1. The fourth-order valence-corrected chi connectivity index (χ4v) is 4.99. The molecule has 196 valence electrons. The van der Waals surface area contributed by atoms with Crippen LogP contribution in [0.3, 0.4) is 0 Å². The number of rotatable bonds is 9. The van der Waals surface area contributed by atoms with E-state index in [1.165, 1.54) is 16.5 Å². The van der Waals surface area contributed by atoms with Gasteiger partial charge in [-0.2, -0.15) is 0 Å². The van der Waals surface area contributed by atoms with E-state index in [1.54, 1.807) is 4.90 Å². The Labute approximate surface area is 224 Å². The van der Waals surface area contributed by atoms with Crippen LogP contribution in [0.1, 0.15) is 40.7 Å². The molecule has 6 heteroatoms. The molecule has 0 atom stereocenters. The lowest BCUT2D eigenvalue weighted by Crippen LogP contribution is -2.46. The SMILES string of the molecule is Cc1ccc(CN(CCc2c[nH]c3ccccc23)C(=O)CN(C(=O)Nc2c(C)cccc2C)C2CC2)cc1. The van der Waals surface area contributed by atoms with E-state index in [-0.39, 0.29) is 24.5 Å². The Morgan fingerprint density at radius 2 is 1.63 bits per heavy atom. The van der Waals surface area contributed by atoms with Gasteiger partial charge in [-0.15, -0.1) is 0 Å². The fourth-order valence-electron chi connectivity index (χ4n) is 4.99. The minimum Gasteiger partial charge on any atom is -0.361 e. The number of aromatic amines is 1. The molecule has 2 N–H and O–H groups in total. The van der Waals surface area contributed by atoms with E-state index < -0.39 is 0 Å². The zero-order chi connectivity index (χ0) is 26.6. The summed E-state index contributed by atoms with van der Waals surface area (Å²) in [6.07, 6.45) is 4.63. The predicted molar refractivity (Wildman–Crippen MR) is 153 cm³/mol. The van der Waals surface area contributed by atoms with E-state index in [4.69, 9.17) is 0 Å². The molecule has 3 aromatic carbocycles. The molecule has 0 saturated heterocycles. The van der Waals surface area contributed by atoms with E-state index in [0.29, 0.717) is 13.1 Å². The Kier molecular flexibility index (Phi) is 7.50. The first-order valence-electron chi connectivity index (χ1n) is 13.4. The summed E-state index contributed by atoms with van der Waals surface area (Å²) < 4.78 is 0. The van der Waals surface area contributed by atoms with Crippen molar-refractivity contribution >= 4 is 28.5 Å². The highest BCUT2D eigenvalue weighted by Crippen LogP contribution is 2.29. The molecular weight excluding hydrogens is 472 g/mol. The number of hydrogen-bond donors (Lipinski definition) is 2. The van der Waals surface area contributed by atoms with Gasteiger partial charge in [0.1, 0.15) is 6.54 Å². The predicted octanol–water partition coefficient (Wildman–Crippen LogP) is 6.36. The summed E-state index contributed by atoms with van der Waals surface area (Å²) in [5.74, 6) is -0.0334. The lowest BCUT2D eigenvalue weighted by atomic mass is 10.1. The lowest BCUT2D eigenvalue weighted by molar-refractivity contribution is -0.132. The second-order valence-corrected chi connectivity index (χ2v) is 10.5. The Morgan fingerprint density at radius 3 is 2.34 bits per heavy atom. The summed E-state index contributed by atoms with van der Waals surface area (Å²) >= 11 is 0. The Morgan fingerprint density at radius 1 is 0.921 bits per heavy atom. The molecule has 0 radical (unpaired) electrons. The Hall–Kier alpha value is -4.06. The first-order chi connectivity index (χ1) is 18.4. The van der Waals surface area contributed by atoms with Crippen LogP contribution in [0.2, 0.25) is 0 Å². The van der Waals surface area contributed by atoms with E-state index in [1.807, 2.05) is 55.3 Å². The van der Waals surface area contributed by atoms with Crippen LogP contribution in [0.25, 0.3) is 10.9 Å². The number of anilines is 1. The molecule has 1 heterocycles. The van der Waals surface area contributed by atoms with Gasteiger partial charge in [0.05, 0.1) is 0 Å². The van der Waals surface area contributed by atoms with Crippen LogP contribution in [0.5, 0.6) is 0 Å². The maximum atomic E-state index is 13.8. The molecule has 1 aliphatic rings. The molecule has 0 bridgehead atoms. The molecule has 38 heavy (non-hydrogen) atoms. The Bertz CT molecular complexity index is 1420. The van der Waals surface area contributed by atoms with Gasteiger partial charge in [0.2, 0.25) is 5.91 Å². The second kappa shape index (κ2) is 11.1. The monoisotopic (exact) mass is 508 g/mol. The number of nitrogens with zero attached hydrogens (tertiary/aromatic N) is 2. The second-order valence-electron chi connectivity index (χ2n) is 10.5. The number of hydrogen-bond acceptors (Lipinski definition) is 2. The quantitative estimate of drug-likeness (QED) is 0.276. The molecule has 1 saturated carbocycles. The van der Waals surface area contributed by atoms with Crippen molar-refractivity contribution in [2.24, 2.45) is 0 Å². The number of benzene rings is 3. The number of aryl methyl sites for hydroxylation is 3. The number of amides is 3. The topological polar surface area (TPSA) is 68.4 Å². The molecule has 0 unspecified atom stereocenters. The van der Waals surface area contributed by atoms with Crippen molar-refractivity contribution in [3.8, 4) is 0 Å². The van der Waals surface area contributed by atoms with Crippen molar-refractivity contribution in [1.29, 1.82) is 0 Å². The van der Waals surface area contributed by atoms with Gasteiger partial charge < -0.3 is 20.1 Å². The van der Waals surface area contributed by atoms with Crippen LogP contribution in [0, 0.1) is 20.8 Å². The van der Waals surface area contributed by atoms with Gasteiger partial charge in [-0.3, -0.25) is 4.79 Å². The average Bonchev–Trinajstić information content (AvgIpc) is 3.67. The summed E-state index contributed by atoms with van der Waals surface area (Å²) in [4.78, 5) is 34.1. The van der Waals surface area contributed by atoms with E-state index in [0.717, 1.165) is 47.2 Å². The van der Waals surface area contributed by atoms with Crippen molar-refractivity contribution in [1.82, 2.24) is 14.8 Å². The zero-order valence-corrected chi connectivity index (χ0v) is 22.5. The molecule has 1 aliphatic carbocycles. The largest absolute Gasteiger partial charge is 0.361 e. The van der Waals surface area contributed by atoms with Crippen LogP contribution >= 0.6 is 0 Å². The number of carbonyl (C=O) groups is 2. The Balaban J connectivity index is 1.33. The molecule has 0 aliphatic heterocycles. The smallest absolute Gasteiger partial charge is 0.322 e. The number of fused-ring (bicyclic) bond motifs is 1. The highest BCUT2D eigenvalue weighted by atomic mass is 16.2. The normalized spacial score (nSPS) is 12.9. The van der Waals surface area contributed by atoms with Gasteiger partial charge in [0, 0.05) is 41.9 Å². The number of para-hydroxylation sites is 2. The molecule has 1 fully saturated rings. The number of urea groups is 1. The van der Waals surface area contributed by atoms with Gasteiger partial charge in [-0.1, -0.05) is 66.2 Å². The molecule has 4 aromatic rings. The lowest BCUT2D eigenvalue weighted by Gasteiger charge is -2.28. The van der Waals surface area contributed by atoms with Gasteiger partial charge >= 0.3 is 6.03 Å². The fraction of sp³-hybridized carbons (Fsp3) is 0.312. The van der Waals surface area contributed by atoms with Gasteiger partial charge in [-0.05, 0) is 68.4 Å². The third-order valence-electron chi connectivity index (χ3n) is 7.44. The molecule has 1 aromatic heterocycles. The van der Waals surface area contributed by atoms with E-state index in [9.17, 15) is 9.59 Å².